The molecule has 6 nitrogen and oxygen atoms in total. The predicted octanol–water partition coefficient (Wildman–Crippen LogP) is 1.98. The Kier molecular flexibility index (Phi) is 6.29. The van der Waals surface area contributed by atoms with Crippen LogP contribution < -0.4 is 15.8 Å². The minimum atomic E-state index is -0.618. The van der Waals surface area contributed by atoms with Gasteiger partial charge in [-0.25, -0.2) is 0 Å². The number of nitrogens with one attached hydrogen (secondary N) is 1. The summed E-state index contributed by atoms with van der Waals surface area (Å²) in [4.78, 5) is 27.0. The third kappa shape index (κ3) is 4.55. The second-order valence-corrected chi connectivity index (χ2v) is 8.07. The van der Waals surface area contributed by atoms with Gasteiger partial charge in [-0.15, -0.1) is 0 Å². The van der Waals surface area contributed by atoms with Gasteiger partial charge < -0.3 is 20.7 Å². The number of hydrogen-bond donors (Lipinski definition) is 2. The summed E-state index contributed by atoms with van der Waals surface area (Å²) in [6.45, 7) is 8.74. The van der Waals surface area contributed by atoms with Crippen LogP contribution in [0.25, 0.3) is 0 Å². The molecule has 0 spiro atoms. The lowest BCUT2D eigenvalue weighted by molar-refractivity contribution is -0.141. The van der Waals surface area contributed by atoms with Gasteiger partial charge >= 0.3 is 0 Å². The van der Waals surface area contributed by atoms with Crippen molar-refractivity contribution in [1.29, 1.82) is 0 Å². The number of likely N-dealkylation sites (tertiary alicyclic amines) is 1. The van der Waals surface area contributed by atoms with Crippen molar-refractivity contribution in [1.82, 2.24) is 10.2 Å². The third-order valence-electron chi connectivity index (χ3n) is 4.93. The summed E-state index contributed by atoms with van der Waals surface area (Å²) in [7, 11) is 1.62. The van der Waals surface area contributed by atoms with E-state index in [1.54, 1.807) is 12.0 Å². The molecular formula is C20H31N3O3. The molecule has 1 heterocycles. The number of ether oxygens (including phenoxy) is 1. The summed E-state index contributed by atoms with van der Waals surface area (Å²) in [6, 6.07) is 4.80. The second-order valence-electron chi connectivity index (χ2n) is 8.07. The van der Waals surface area contributed by atoms with Crippen molar-refractivity contribution in [3.8, 4) is 5.75 Å². The van der Waals surface area contributed by atoms with E-state index in [9.17, 15) is 9.59 Å². The van der Waals surface area contributed by atoms with Crippen LogP contribution in [-0.4, -0.2) is 42.5 Å². The van der Waals surface area contributed by atoms with E-state index >= 15 is 0 Å². The molecule has 0 radical (unpaired) electrons. The van der Waals surface area contributed by atoms with E-state index in [-0.39, 0.29) is 17.2 Å². The molecule has 1 aromatic carbocycles. The van der Waals surface area contributed by atoms with Gasteiger partial charge in [0.2, 0.25) is 11.8 Å². The molecule has 0 bridgehead atoms. The summed E-state index contributed by atoms with van der Waals surface area (Å²) in [5, 5.41) is 2.94. The highest BCUT2D eigenvalue weighted by atomic mass is 16.5. The van der Waals surface area contributed by atoms with Gasteiger partial charge in [0.25, 0.3) is 0 Å². The lowest BCUT2D eigenvalue weighted by atomic mass is 9.86. The Balaban J connectivity index is 2.03. The Morgan fingerprint density at radius 1 is 1.38 bits per heavy atom. The number of rotatable bonds is 5. The smallest absolute Gasteiger partial charge is 0.243 e. The Hall–Kier alpha value is -2.08. The normalized spacial score (nSPS) is 18.5. The van der Waals surface area contributed by atoms with Crippen molar-refractivity contribution in [3.63, 3.8) is 0 Å². The Morgan fingerprint density at radius 2 is 2.08 bits per heavy atom. The fraction of sp³-hybridized carbons (Fsp3) is 0.600. The van der Waals surface area contributed by atoms with Crippen molar-refractivity contribution in [3.05, 3.63) is 29.3 Å². The number of nitrogens with two attached hydrogens (primary N) is 1. The van der Waals surface area contributed by atoms with Gasteiger partial charge in [-0.3, -0.25) is 9.59 Å². The number of nitrogens with zero attached hydrogens (tertiary/aromatic N) is 1. The van der Waals surface area contributed by atoms with Crippen LogP contribution in [0.15, 0.2) is 18.2 Å². The molecule has 0 saturated carbocycles. The Labute approximate surface area is 156 Å². The molecule has 1 aliphatic rings. The molecule has 6 heteroatoms. The predicted molar refractivity (Wildman–Crippen MR) is 102 cm³/mol. The molecule has 1 fully saturated rings. The number of amides is 2. The van der Waals surface area contributed by atoms with E-state index in [1.165, 1.54) is 0 Å². The van der Waals surface area contributed by atoms with Crippen LogP contribution in [0.5, 0.6) is 5.75 Å². The van der Waals surface area contributed by atoms with E-state index in [0.717, 1.165) is 23.3 Å². The molecule has 1 saturated heterocycles. The lowest BCUT2D eigenvalue weighted by Gasteiger charge is -2.32. The van der Waals surface area contributed by atoms with Crippen molar-refractivity contribution in [2.45, 2.75) is 59.2 Å². The van der Waals surface area contributed by atoms with Gasteiger partial charge in [-0.2, -0.15) is 0 Å². The molecule has 2 atom stereocenters. The Bertz CT molecular complexity index is 667. The largest absolute Gasteiger partial charge is 0.496 e. The summed E-state index contributed by atoms with van der Waals surface area (Å²) in [6.07, 6.45) is 1.48. The van der Waals surface area contributed by atoms with E-state index < -0.39 is 12.1 Å². The van der Waals surface area contributed by atoms with Gasteiger partial charge in [-0.1, -0.05) is 32.9 Å². The molecule has 3 N–H and O–H groups in total. The van der Waals surface area contributed by atoms with E-state index in [4.69, 9.17) is 10.5 Å². The highest BCUT2D eigenvalue weighted by Gasteiger charge is 2.39. The van der Waals surface area contributed by atoms with Crippen LogP contribution in [0.2, 0.25) is 0 Å². The number of aryl methyl sites for hydroxylation is 1. The maximum atomic E-state index is 12.7. The molecule has 1 aromatic rings. The summed E-state index contributed by atoms with van der Waals surface area (Å²) in [5.41, 5.74) is 7.79. The summed E-state index contributed by atoms with van der Waals surface area (Å²) in [5.74, 6) is 0.460. The Morgan fingerprint density at radius 3 is 2.69 bits per heavy atom. The molecule has 144 valence electrons. The molecule has 2 unspecified atom stereocenters. The molecule has 2 amide bonds. The first-order valence-electron chi connectivity index (χ1n) is 9.12. The molecule has 0 aliphatic carbocycles. The number of carbonyl (C=O) groups excluding carboxylic acids is 2. The zero-order valence-electron chi connectivity index (χ0n) is 16.5. The van der Waals surface area contributed by atoms with Crippen molar-refractivity contribution >= 4 is 11.8 Å². The molecule has 1 aliphatic heterocycles. The van der Waals surface area contributed by atoms with Gasteiger partial charge in [0.15, 0.2) is 0 Å². The maximum absolute atomic E-state index is 12.7. The van der Waals surface area contributed by atoms with Crippen LogP contribution in [0.4, 0.5) is 0 Å². The lowest BCUT2D eigenvalue weighted by Crippen LogP contribution is -2.54. The SMILES string of the molecule is COc1cc(C)ccc1CNC(=O)C1CCCN1C(=O)C(N)C(C)(C)C. The average Bonchev–Trinajstić information content (AvgIpc) is 3.07. The van der Waals surface area contributed by atoms with Crippen molar-refractivity contribution in [2.24, 2.45) is 11.1 Å². The van der Waals surface area contributed by atoms with Gasteiger partial charge in [0, 0.05) is 18.7 Å². The number of benzene rings is 1. The van der Waals surface area contributed by atoms with E-state index in [0.29, 0.717) is 19.5 Å². The van der Waals surface area contributed by atoms with Crippen LogP contribution in [0, 0.1) is 12.3 Å². The fourth-order valence-electron chi connectivity index (χ4n) is 3.15. The highest BCUT2D eigenvalue weighted by Crippen LogP contribution is 2.25. The van der Waals surface area contributed by atoms with Gasteiger partial charge in [0.1, 0.15) is 11.8 Å². The number of methoxy groups -OCH3 is 1. The van der Waals surface area contributed by atoms with E-state index in [1.807, 2.05) is 45.9 Å². The minimum Gasteiger partial charge on any atom is -0.496 e. The second kappa shape index (κ2) is 8.08. The first kappa shape index (κ1) is 20.2. The van der Waals surface area contributed by atoms with Gasteiger partial charge in [-0.05, 0) is 36.8 Å². The van der Waals surface area contributed by atoms with Crippen molar-refractivity contribution in [2.75, 3.05) is 13.7 Å². The molecule has 26 heavy (non-hydrogen) atoms. The van der Waals surface area contributed by atoms with Crippen LogP contribution in [0.1, 0.15) is 44.7 Å². The molecule has 2 rings (SSSR count). The first-order valence-corrected chi connectivity index (χ1v) is 9.12. The molecule has 0 aromatic heterocycles. The fourth-order valence-corrected chi connectivity index (χ4v) is 3.15. The average molecular weight is 361 g/mol. The van der Waals surface area contributed by atoms with E-state index in [2.05, 4.69) is 5.32 Å². The first-order chi connectivity index (χ1) is 12.1. The number of hydrogen-bond acceptors (Lipinski definition) is 4. The van der Waals surface area contributed by atoms with Crippen LogP contribution in [0.3, 0.4) is 0 Å². The van der Waals surface area contributed by atoms with Crippen LogP contribution >= 0.6 is 0 Å². The highest BCUT2D eigenvalue weighted by molar-refractivity contribution is 5.90. The maximum Gasteiger partial charge on any atom is 0.243 e. The molecular weight excluding hydrogens is 330 g/mol. The minimum absolute atomic E-state index is 0.139. The zero-order chi connectivity index (χ0) is 19.5. The van der Waals surface area contributed by atoms with Crippen LogP contribution in [-0.2, 0) is 16.1 Å². The summed E-state index contributed by atoms with van der Waals surface area (Å²) >= 11 is 0. The third-order valence-corrected chi connectivity index (χ3v) is 4.93. The quantitative estimate of drug-likeness (QED) is 0.840. The monoisotopic (exact) mass is 361 g/mol. The number of carbonyl (C=O) groups is 2. The van der Waals surface area contributed by atoms with Gasteiger partial charge in [0.05, 0.1) is 13.2 Å². The van der Waals surface area contributed by atoms with Crippen molar-refractivity contribution < 1.29 is 14.3 Å². The standard InChI is InChI=1S/C20H31N3O3/c1-13-8-9-14(16(11-13)26-5)12-22-18(24)15-7-6-10-23(15)19(25)17(21)20(2,3)4/h8-9,11,15,17H,6-7,10,12,21H2,1-5H3,(H,22,24). The zero-order valence-corrected chi connectivity index (χ0v) is 16.5. The summed E-state index contributed by atoms with van der Waals surface area (Å²) < 4.78 is 5.38. The topological polar surface area (TPSA) is 84.7 Å².